The van der Waals surface area contributed by atoms with E-state index in [0.717, 1.165) is 21.9 Å². The van der Waals surface area contributed by atoms with Gasteiger partial charge in [-0.05, 0) is 38.5 Å². The van der Waals surface area contributed by atoms with E-state index in [0.29, 0.717) is 5.13 Å². The zero-order valence-electron chi connectivity index (χ0n) is 13.5. The van der Waals surface area contributed by atoms with Crippen molar-refractivity contribution in [2.45, 2.75) is 26.8 Å². The first kappa shape index (κ1) is 17.0. The van der Waals surface area contributed by atoms with E-state index in [2.05, 4.69) is 15.6 Å². The molecule has 1 atom stereocenters. The summed E-state index contributed by atoms with van der Waals surface area (Å²) in [5, 5.41) is 5.60. The molecule has 0 aliphatic rings. The molecule has 0 aliphatic carbocycles. The summed E-state index contributed by atoms with van der Waals surface area (Å²) in [6, 6.07) is 7.00. The Balaban J connectivity index is 1.95. The number of amides is 2. The minimum atomic E-state index is -0.723. The van der Waals surface area contributed by atoms with E-state index in [9.17, 15) is 9.59 Å². The van der Waals surface area contributed by atoms with Gasteiger partial charge in [-0.2, -0.15) is 0 Å². The second-order valence-corrected chi connectivity index (χ2v) is 6.29. The van der Waals surface area contributed by atoms with Crippen molar-refractivity contribution in [3.8, 4) is 5.75 Å². The van der Waals surface area contributed by atoms with Crippen LogP contribution in [-0.4, -0.2) is 23.9 Å². The number of methoxy groups -OCH3 is 1. The number of carbonyl (C=O) groups excluding carboxylic acids is 2. The minimum absolute atomic E-state index is 0.293. The zero-order valence-corrected chi connectivity index (χ0v) is 14.3. The Kier molecular flexibility index (Phi) is 5.33. The summed E-state index contributed by atoms with van der Waals surface area (Å²) in [6.07, 6.45) is 0. The van der Waals surface area contributed by atoms with Gasteiger partial charge in [0.15, 0.2) is 5.13 Å². The number of carbonyl (C=O) groups is 2. The first-order valence-corrected chi connectivity index (χ1v) is 7.92. The second-order valence-electron chi connectivity index (χ2n) is 5.08. The highest BCUT2D eigenvalue weighted by atomic mass is 32.1. The Morgan fingerprint density at radius 3 is 2.35 bits per heavy atom. The highest BCUT2D eigenvalue weighted by Gasteiger charge is 2.18. The molecule has 0 saturated carbocycles. The van der Waals surface area contributed by atoms with E-state index in [1.807, 2.05) is 32.9 Å². The molecule has 0 spiro atoms. The lowest BCUT2D eigenvalue weighted by Crippen LogP contribution is -2.36. The monoisotopic (exact) mass is 333 g/mol. The molecule has 6 nitrogen and oxygen atoms in total. The highest BCUT2D eigenvalue weighted by Crippen LogP contribution is 2.21. The number of rotatable bonds is 4. The Bertz CT molecular complexity index is 690. The van der Waals surface area contributed by atoms with Crippen molar-refractivity contribution in [1.82, 2.24) is 10.3 Å². The molecule has 0 radical (unpaired) electrons. The third-order valence-electron chi connectivity index (χ3n) is 3.42. The average Bonchev–Trinajstić information content (AvgIpc) is 2.85. The third kappa shape index (κ3) is 4.29. The van der Waals surface area contributed by atoms with Gasteiger partial charge in [0.05, 0.1) is 18.8 Å². The summed E-state index contributed by atoms with van der Waals surface area (Å²) in [5.74, 6) is -0.683. The molecule has 1 unspecified atom stereocenters. The summed E-state index contributed by atoms with van der Waals surface area (Å²) in [5.41, 5.74) is 1.73. The average molecular weight is 333 g/mol. The van der Waals surface area contributed by atoms with Crippen LogP contribution in [0.2, 0.25) is 0 Å². The molecule has 2 amide bonds. The zero-order chi connectivity index (χ0) is 17.0. The molecule has 1 aromatic heterocycles. The van der Waals surface area contributed by atoms with Crippen molar-refractivity contribution >= 4 is 28.3 Å². The number of nitrogens with zero attached hydrogens (tertiary/aromatic N) is 1. The Labute approximate surface area is 138 Å². The van der Waals surface area contributed by atoms with Crippen molar-refractivity contribution in [3.05, 3.63) is 40.4 Å². The standard InChI is InChI=1S/C16H19N3O3S/c1-9-11(3)23-16(18-9)19-15(21)14(20)17-10(2)12-5-7-13(22-4)8-6-12/h5-8,10H,1-4H3,(H,17,20)(H,18,19,21). The Morgan fingerprint density at radius 2 is 1.83 bits per heavy atom. The van der Waals surface area contributed by atoms with Gasteiger partial charge in [-0.3, -0.25) is 14.9 Å². The van der Waals surface area contributed by atoms with Crippen LogP contribution in [0.1, 0.15) is 29.1 Å². The van der Waals surface area contributed by atoms with Crippen LogP contribution in [0, 0.1) is 13.8 Å². The number of aromatic nitrogens is 1. The molecule has 2 N–H and O–H groups in total. The Hall–Kier alpha value is -2.41. The van der Waals surface area contributed by atoms with Crippen LogP contribution in [0.3, 0.4) is 0 Å². The summed E-state index contributed by atoms with van der Waals surface area (Å²) < 4.78 is 5.09. The van der Waals surface area contributed by atoms with Crippen molar-refractivity contribution in [1.29, 1.82) is 0 Å². The van der Waals surface area contributed by atoms with E-state index in [1.54, 1.807) is 19.2 Å². The van der Waals surface area contributed by atoms with Gasteiger partial charge in [-0.25, -0.2) is 4.98 Å². The molecule has 23 heavy (non-hydrogen) atoms. The van der Waals surface area contributed by atoms with Crippen molar-refractivity contribution in [2.75, 3.05) is 12.4 Å². The summed E-state index contributed by atoms with van der Waals surface area (Å²) in [7, 11) is 1.59. The van der Waals surface area contributed by atoms with Crippen LogP contribution < -0.4 is 15.4 Å². The lowest BCUT2D eigenvalue weighted by atomic mass is 10.1. The molecule has 2 aromatic rings. The lowest BCUT2D eigenvalue weighted by Gasteiger charge is -2.14. The van der Waals surface area contributed by atoms with Crippen molar-refractivity contribution < 1.29 is 14.3 Å². The molecular formula is C16H19N3O3S. The fourth-order valence-electron chi connectivity index (χ4n) is 1.92. The van der Waals surface area contributed by atoms with Crippen molar-refractivity contribution in [2.24, 2.45) is 0 Å². The van der Waals surface area contributed by atoms with E-state index in [-0.39, 0.29) is 6.04 Å². The maximum absolute atomic E-state index is 12.0. The summed E-state index contributed by atoms with van der Waals surface area (Å²) in [4.78, 5) is 29.1. The van der Waals surface area contributed by atoms with Gasteiger partial charge < -0.3 is 10.1 Å². The van der Waals surface area contributed by atoms with Crippen LogP contribution >= 0.6 is 11.3 Å². The second kappa shape index (κ2) is 7.23. The van der Waals surface area contributed by atoms with E-state index < -0.39 is 11.8 Å². The third-order valence-corrected chi connectivity index (χ3v) is 4.41. The lowest BCUT2D eigenvalue weighted by molar-refractivity contribution is -0.136. The number of benzene rings is 1. The molecule has 0 aliphatic heterocycles. The predicted octanol–water partition coefficient (Wildman–Crippen LogP) is 2.58. The largest absolute Gasteiger partial charge is 0.497 e. The number of nitrogens with one attached hydrogen (secondary N) is 2. The molecular weight excluding hydrogens is 314 g/mol. The van der Waals surface area contributed by atoms with Gasteiger partial charge in [-0.1, -0.05) is 12.1 Å². The summed E-state index contributed by atoms with van der Waals surface area (Å²) >= 11 is 1.34. The molecule has 0 bridgehead atoms. The molecule has 1 heterocycles. The fourth-order valence-corrected chi connectivity index (χ4v) is 2.73. The number of thiazole rings is 1. The molecule has 2 rings (SSSR count). The smallest absolute Gasteiger partial charge is 0.315 e. The van der Waals surface area contributed by atoms with E-state index >= 15 is 0 Å². The maximum Gasteiger partial charge on any atom is 0.315 e. The van der Waals surface area contributed by atoms with Gasteiger partial charge >= 0.3 is 11.8 Å². The van der Waals surface area contributed by atoms with Crippen LogP contribution in [0.15, 0.2) is 24.3 Å². The SMILES string of the molecule is COc1ccc(C(C)NC(=O)C(=O)Nc2nc(C)c(C)s2)cc1. The Morgan fingerprint density at radius 1 is 1.17 bits per heavy atom. The van der Waals surface area contributed by atoms with Crippen LogP contribution in [0.5, 0.6) is 5.75 Å². The molecule has 7 heteroatoms. The maximum atomic E-state index is 12.0. The fraction of sp³-hybridized carbons (Fsp3) is 0.312. The number of hydrogen-bond acceptors (Lipinski definition) is 5. The van der Waals surface area contributed by atoms with Crippen LogP contribution in [0.4, 0.5) is 5.13 Å². The number of hydrogen-bond donors (Lipinski definition) is 2. The quantitative estimate of drug-likeness (QED) is 0.843. The molecule has 1 aromatic carbocycles. The first-order chi connectivity index (χ1) is 10.9. The molecule has 122 valence electrons. The van der Waals surface area contributed by atoms with Crippen LogP contribution in [0.25, 0.3) is 0 Å². The minimum Gasteiger partial charge on any atom is -0.497 e. The van der Waals surface area contributed by atoms with Gasteiger partial charge in [0.2, 0.25) is 0 Å². The van der Waals surface area contributed by atoms with E-state index in [1.165, 1.54) is 11.3 Å². The van der Waals surface area contributed by atoms with Gasteiger partial charge in [0.25, 0.3) is 0 Å². The van der Waals surface area contributed by atoms with Gasteiger partial charge in [-0.15, -0.1) is 11.3 Å². The first-order valence-electron chi connectivity index (χ1n) is 7.10. The normalized spacial score (nSPS) is 11.7. The van der Waals surface area contributed by atoms with Crippen molar-refractivity contribution in [3.63, 3.8) is 0 Å². The van der Waals surface area contributed by atoms with Gasteiger partial charge in [0.1, 0.15) is 5.75 Å². The number of aryl methyl sites for hydroxylation is 2. The van der Waals surface area contributed by atoms with E-state index in [4.69, 9.17) is 4.74 Å². The predicted molar refractivity (Wildman–Crippen MR) is 89.8 cm³/mol. The number of ether oxygens (including phenoxy) is 1. The molecule has 0 saturated heterocycles. The number of anilines is 1. The highest BCUT2D eigenvalue weighted by molar-refractivity contribution is 7.15. The van der Waals surface area contributed by atoms with Crippen LogP contribution in [-0.2, 0) is 9.59 Å². The molecule has 0 fully saturated rings. The summed E-state index contributed by atoms with van der Waals surface area (Å²) in [6.45, 7) is 5.58. The van der Waals surface area contributed by atoms with Gasteiger partial charge in [0, 0.05) is 4.88 Å². The topological polar surface area (TPSA) is 80.3 Å².